The lowest BCUT2D eigenvalue weighted by atomic mass is 10.1. The van der Waals surface area contributed by atoms with Gasteiger partial charge in [0.1, 0.15) is 28.9 Å². The number of likely N-dealkylation sites (N-methyl/N-ethyl adjacent to an activating group) is 1. The molecule has 0 bridgehead atoms. The molecule has 3 rings (SSSR count). The van der Waals surface area contributed by atoms with Gasteiger partial charge in [0.25, 0.3) is 0 Å². The van der Waals surface area contributed by atoms with Crippen molar-refractivity contribution in [3.63, 3.8) is 0 Å². The minimum atomic E-state index is -0.0449. The van der Waals surface area contributed by atoms with E-state index in [0.717, 1.165) is 16.6 Å². The van der Waals surface area contributed by atoms with E-state index >= 15 is 0 Å². The van der Waals surface area contributed by atoms with Crippen LogP contribution in [0.1, 0.15) is 11.4 Å². The van der Waals surface area contributed by atoms with E-state index in [1.807, 2.05) is 54.4 Å². The van der Waals surface area contributed by atoms with Gasteiger partial charge in [0.05, 0.1) is 31.8 Å². The van der Waals surface area contributed by atoms with Gasteiger partial charge in [0.15, 0.2) is 5.82 Å². The molecule has 1 heterocycles. The van der Waals surface area contributed by atoms with E-state index in [2.05, 4.69) is 16.0 Å². The summed E-state index contributed by atoms with van der Waals surface area (Å²) in [7, 11) is 5.06. The highest BCUT2D eigenvalue weighted by molar-refractivity contribution is 5.82. The molecular weight excluding hydrogens is 356 g/mol. The molecule has 0 saturated heterocycles. The maximum Gasteiger partial charge on any atom is 0.152 e. The summed E-state index contributed by atoms with van der Waals surface area (Å²) in [5, 5.41) is 20.1. The van der Waals surface area contributed by atoms with Crippen molar-refractivity contribution in [1.82, 2.24) is 14.9 Å². The number of nitrogens with zero attached hydrogens (tertiary/aromatic N) is 3. The average Bonchev–Trinajstić information content (AvgIpc) is 3.12. The SMILES string of the molecule is COc1ccc(CN(C)C/C(O)=C(\C#N)c2nc3ccccc3[nH]2)c(OC)c1. The molecular formula is C21H22N4O3. The number of aromatic nitrogens is 2. The molecule has 0 saturated carbocycles. The van der Waals surface area contributed by atoms with E-state index in [1.54, 1.807) is 14.2 Å². The lowest BCUT2D eigenvalue weighted by molar-refractivity contribution is 0.281. The van der Waals surface area contributed by atoms with Crippen LogP contribution in [0.4, 0.5) is 0 Å². The number of ether oxygens (including phenoxy) is 2. The first-order chi connectivity index (χ1) is 13.5. The van der Waals surface area contributed by atoms with Crippen LogP contribution in [-0.2, 0) is 6.54 Å². The topological polar surface area (TPSA) is 94.4 Å². The van der Waals surface area contributed by atoms with Crippen molar-refractivity contribution < 1.29 is 14.6 Å². The highest BCUT2D eigenvalue weighted by atomic mass is 16.5. The number of imidazole rings is 1. The van der Waals surface area contributed by atoms with Crippen molar-refractivity contribution in [3.05, 3.63) is 59.6 Å². The Bertz CT molecular complexity index is 1020. The summed E-state index contributed by atoms with van der Waals surface area (Å²) >= 11 is 0. The quantitative estimate of drug-likeness (QED) is 0.483. The number of aliphatic hydroxyl groups excluding tert-OH is 1. The first-order valence-corrected chi connectivity index (χ1v) is 8.72. The van der Waals surface area contributed by atoms with Crippen molar-refractivity contribution in [2.24, 2.45) is 0 Å². The number of H-pyrrole nitrogens is 1. The third kappa shape index (κ3) is 4.08. The van der Waals surface area contributed by atoms with Crippen LogP contribution in [0.25, 0.3) is 16.6 Å². The van der Waals surface area contributed by atoms with E-state index in [1.165, 1.54) is 0 Å². The van der Waals surface area contributed by atoms with Crippen LogP contribution < -0.4 is 9.47 Å². The molecule has 0 radical (unpaired) electrons. The van der Waals surface area contributed by atoms with Crippen LogP contribution in [0.3, 0.4) is 0 Å². The molecule has 0 unspecified atom stereocenters. The number of hydrogen-bond acceptors (Lipinski definition) is 6. The fourth-order valence-electron chi connectivity index (χ4n) is 2.99. The van der Waals surface area contributed by atoms with Gasteiger partial charge in [-0.05, 0) is 25.2 Å². The normalized spacial score (nSPS) is 12.0. The van der Waals surface area contributed by atoms with Crippen LogP contribution in [0.2, 0.25) is 0 Å². The Hall–Kier alpha value is -3.50. The molecule has 0 fully saturated rings. The summed E-state index contributed by atoms with van der Waals surface area (Å²) < 4.78 is 10.6. The lowest BCUT2D eigenvalue weighted by Gasteiger charge is -2.19. The Kier molecular flexibility index (Phi) is 5.82. The summed E-state index contributed by atoms with van der Waals surface area (Å²) in [5.74, 6) is 1.73. The van der Waals surface area contributed by atoms with Crippen molar-refractivity contribution in [3.8, 4) is 17.6 Å². The Morgan fingerprint density at radius 1 is 1.21 bits per heavy atom. The van der Waals surface area contributed by atoms with Crippen LogP contribution in [-0.4, -0.2) is 47.8 Å². The maximum atomic E-state index is 10.5. The third-order valence-electron chi connectivity index (χ3n) is 4.38. The zero-order valence-electron chi connectivity index (χ0n) is 16.1. The summed E-state index contributed by atoms with van der Waals surface area (Å²) in [6, 6.07) is 15.1. The summed E-state index contributed by atoms with van der Waals surface area (Å²) in [5.41, 5.74) is 2.63. The first kappa shape index (κ1) is 19.3. The van der Waals surface area contributed by atoms with Gasteiger partial charge >= 0.3 is 0 Å². The predicted octanol–water partition coefficient (Wildman–Crippen LogP) is 3.50. The van der Waals surface area contributed by atoms with E-state index < -0.39 is 0 Å². The summed E-state index contributed by atoms with van der Waals surface area (Å²) in [6.07, 6.45) is 0. The van der Waals surface area contributed by atoms with Crippen LogP contribution in [0.15, 0.2) is 48.2 Å². The molecule has 3 aromatic rings. The average molecular weight is 378 g/mol. The van der Waals surface area contributed by atoms with Crippen molar-refractivity contribution in [2.75, 3.05) is 27.8 Å². The predicted molar refractivity (Wildman–Crippen MR) is 107 cm³/mol. The number of fused-ring (bicyclic) bond motifs is 1. The molecule has 2 aromatic carbocycles. The Labute approximate surface area is 163 Å². The smallest absolute Gasteiger partial charge is 0.152 e. The number of nitrogens with one attached hydrogen (secondary N) is 1. The number of methoxy groups -OCH3 is 2. The first-order valence-electron chi connectivity index (χ1n) is 8.72. The van der Waals surface area contributed by atoms with Gasteiger partial charge in [0.2, 0.25) is 0 Å². The van der Waals surface area contributed by atoms with E-state index in [4.69, 9.17) is 9.47 Å². The number of benzene rings is 2. The fraction of sp³-hybridized carbons (Fsp3) is 0.238. The van der Waals surface area contributed by atoms with Crippen molar-refractivity contribution in [2.45, 2.75) is 6.54 Å². The molecule has 0 aliphatic heterocycles. The zero-order chi connectivity index (χ0) is 20.1. The van der Waals surface area contributed by atoms with Crippen LogP contribution in [0.5, 0.6) is 11.5 Å². The maximum absolute atomic E-state index is 10.5. The molecule has 2 N–H and O–H groups in total. The second kappa shape index (κ2) is 8.46. The second-order valence-electron chi connectivity index (χ2n) is 6.39. The largest absolute Gasteiger partial charge is 0.509 e. The number of allylic oxidation sites excluding steroid dienone is 1. The van der Waals surface area contributed by atoms with Gasteiger partial charge in [-0.1, -0.05) is 18.2 Å². The molecule has 0 spiro atoms. The summed E-state index contributed by atoms with van der Waals surface area (Å²) in [4.78, 5) is 9.36. The Morgan fingerprint density at radius 2 is 2.00 bits per heavy atom. The van der Waals surface area contributed by atoms with Gasteiger partial charge < -0.3 is 19.6 Å². The molecule has 0 atom stereocenters. The molecule has 0 amide bonds. The van der Waals surface area contributed by atoms with E-state index in [9.17, 15) is 10.4 Å². The number of aromatic amines is 1. The van der Waals surface area contributed by atoms with Gasteiger partial charge in [-0.3, -0.25) is 4.90 Å². The van der Waals surface area contributed by atoms with Gasteiger partial charge in [0, 0.05) is 18.2 Å². The number of hydrogen-bond donors (Lipinski definition) is 2. The van der Waals surface area contributed by atoms with Crippen LogP contribution in [0, 0.1) is 11.3 Å². The molecule has 28 heavy (non-hydrogen) atoms. The third-order valence-corrected chi connectivity index (χ3v) is 4.38. The monoisotopic (exact) mass is 378 g/mol. The lowest BCUT2D eigenvalue weighted by Crippen LogP contribution is -2.21. The molecule has 1 aromatic heterocycles. The highest BCUT2D eigenvalue weighted by Gasteiger charge is 2.16. The van der Waals surface area contributed by atoms with E-state index in [-0.39, 0.29) is 17.9 Å². The Morgan fingerprint density at radius 3 is 2.68 bits per heavy atom. The summed E-state index contributed by atoms with van der Waals surface area (Å²) in [6.45, 7) is 0.713. The number of aliphatic hydroxyl groups is 1. The van der Waals surface area contributed by atoms with Crippen LogP contribution >= 0.6 is 0 Å². The van der Waals surface area contributed by atoms with Crippen molar-refractivity contribution >= 4 is 16.6 Å². The number of rotatable bonds is 7. The molecule has 0 aliphatic rings. The molecule has 7 nitrogen and oxygen atoms in total. The minimum absolute atomic E-state index is 0.0449. The molecule has 7 heteroatoms. The molecule has 0 aliphatic carbocycles. The Balaban J connectivity index is 1.80. The van der Waals surface area contributed by atoms with Gasteiger partial charge in [-0.15, -0.1) is 0 Å². The van der Waals surface area contributed by atoms with Gasteiger partial charge in [-0.2, -0.15) is 5.26 Å². The molecule has 144 valence electrons. The van der Waals surface area contributed by atoms with Gasteiger partial charge in [-0.25, -0.2) is 4.98 Å². The fourth-order valence-corrected chi connectivity index (χ4v) is 2.99. The van der Waals surface area contributed by atoms with Crippen molar-refractivity contribution in [1.29, 1.82) is 5.26 Å². The minimum Gasteiger partial charge on any atom is -0.509 e. The second-order valence-corrected chi connectivity index (χ2v) is 6.39. The van der Waals surface area contributed by atoms with E-state index in [0.29, 0.717) is 23.9 Å². The standard InChI is InChI=1S/C21H22N4O3/c1-25(12-14-8-9-15(27-2)10-20(14)28-3)13-19(26)16(11-22)21-23-17-6-4-5-7-18(17)24-21/h4-10,26H,12-13H2,1-3H3,(H,23,24)/b19-16-. The number of nitriles is 1. The number of para-hydroxylation sites is 2. The highest BCUT2D eigenvalue weighted by Crippen LogP contribution is 2.26. The zero-order valence-corrected chi connectivity index (χ0v) is 16.1.